The van der Waals surface area contributed by atoms with Crippen molar-refractivity contribution in [3.05, 3.63) is 60.7 Å². The van der Waals surface area contributed by atoms with E-state index in [-0.39, 0.29) is 12.2 Å². The lowest BCUT2D eigenvalue weighted by Gasteiger charge is -2.27. The van der Waals surface area contributed by atoms with Crippen LogP contribution >= 0.6 is 7.92 Å². The zero-order chi connectivity index (χ0) is 14.9. The van der Waals surface area contributed by atoms with Gasteiger partial charge in [-0.05, 0) is 18.5 Å². The lowest BCUT2D eigenvalue weighted by molar-refractivity contribution is 0.0188. The number of aliphatic hydroxyl groups is 1. The Morgan fingerprint density at radius 2 is 1.32 bits per heavy atom. The van der Waals surface area contributed by atoms with Gasteiger partial charge in [0.1, 0.15) is 12.2 Å². The van der Waals surface area contributed by atoms with Gasteiger partial charge in [0.25, 0.3) is 0 Å². The Hall–Kier alpha value is -1.25. The molecule has 2 aromatic carbocycles. The van der Waals surface area contributed by atoms with Crippen LogP contribution in [-0.4, -0.2) is 42.3 Å². The fraction of sp³-hybridized carbons (Fsp3) is 0.333. The van der Waals surface area contributed by atoms with Crippen LogP contribution in [0.15, 0.2) is 60.7 Å². The first-order valence-electron chi connectivity index (χ1n) is 7.65. The molecule has 0 unspecified atom stereocenters. The molecule has 2 aromatic rings. The van der Waals surface area contributed by atoms with Crippen molar-refractivity contribution in [3.63, 3.8) is 0 Å². The van der Waals surface area contributed by atoms with E-state index in [1.165, 1.54) is 10.6 Å². The highest BCUT2D eigenvalue weighted by Gasteiger charge is 2.50. The second-order valence-electron chi connectivity index (χ2n) is 5.77. The number of hydrogen-bond donors (Lipinski definition) is 1. The van der Waals surface area contributed by atoms with E-state index in [1.54, 1.807) is 0 Å². The molecule has 0 spiro atoms. The van der Waals surface area contributed by atoms with Crippen LogP contribution in [0.2, 0.25) is 0 Å². The fourth-order valence-electron chi connectivity index (χ4n) is 3.39. The third-order valence-electron chi connectivity index (χ3n) is 4.40. The second kappa shape index (κ2) is 6.10. The Morgan fingerprint density at radius 1 is 0.773 bits per heavy atom. The van der Waals surface area contributed by atoms with Crippen LogP contribution in [0.4, 0.5) is 0 Å². The molecular formula is C18H19O3P. The minimum absolute atomic E-state index is 0.00141. The van der Waals surface area contributed by atoms with Crippen molar-refractivity contribution >= 4 is 18.5 Å². The molecule has 2 aliphatic rings. The van der Waals surface area contributed by atoms with Crippen LogP contribution in [0.1, 0.15) is 0 Å². The van der Waals surface area contributed by atoms with Gasteiger partial charge >= 0.3 is 0 Å². The summed E-state index contributed by atoms with van der Waals surface area (Å²) in [6.07, 6.45) is -0.651. The molecular weight excluding hydrogens is 295 g/mol. The van der Waals surface area contributed by atoms with E-state index >= 15 is 0 Å². The van der Waals surface area contributed by atoms with E-state index in [4.69, 9.17) is 9.47 Å². The summed E-state index contributed by atoms with van der Waals surface area (Å²) in [5.41, 5.74) is 0.293. The predicted octanol–water partition coefficient (Wildman–Crippen LogP) is 1.65. The van der Waals surface area contributed by atoms with E-state index in [0.29, 0.717) is 18.9 Å². The van der Waals surface area contributed by atoms with Gasteiger partial charge in [0, 0.05) is 5.66 Å². The van der Waals surface area contributed by atoms with Gasteiger partial charge in [0.15, 0.2) is 0 Å². The van der Waals surface area contributed by atoms with Gasteiger partial charge in [0.05, 0.1) is 19.3 Å². The lowest BCUT2D eigenvalue weighted by Crippen LogP contribution is -2.34. The smallest absolute Gasteiger partial charge is 0.112 e. The average molecular weight is 314 g/mol. The Labute approximate surface area is 131 Å². The van der Waals surface area contributed by atoms with Gasteiger partial charge in [-0.3, -0.25) is 0 Å². The molecule has 0 aromatic heterocycles. The quantitative estimate of drug-likeness (QED) is 0.876. The summed E-state index contributed by atoms with van der Waals surface area (Å²) in [4.78, 5) is 0. The summed E-state index contributed by atoms with van der Waals surface area (Å²) in [5.74, 6) is 0. The highest BCUT2D eigenvalue weighted by atomic mass is 31.1. The van der Waals surface area contributed by atoms with E-state index in [1.807, 2.05) is 12.1 Å². The Kier molecular flexibility index (Phi) is 3.98. The molecule has 22 heavy (non-hydrogen) atoms. The Bertz CT molecular complexity index is 579. The minimum Gasteiger partial charge on any atom is -0.388 e. The molecule has 4 heteroatoms. The number of benzene rings is 2. The number of hydrogen-bond acceptors (Lipinski definition) is 3. The molecule has 114 valence electrons. The molecule has 0 saturated carbocycles. The zero-order valence-electron chi connectivity index (χ0n) is 12.2. The topological polar surface area (TPSA) is 38.7 Å². The lowest BCUT2D eigenvalue weighted by atomic mass is 10.1. The molecule has 0 aliphatic carbocycles. The maximum atomic E-state index is 10.00. The van der Waals surface area contributed by atoms with Crippen molar-refractivity contribution in [2.24, 2.45) is 0 Å². The molecule has 0 radical (unpaired) electrons. The number of fused-ring (bicyclic) bond motifs is 1. The van der Waals surface area contributed by atoms with Gasteiger partial charge in [-0.1, -0.05) is 60.7 Å². The second-order valence-corrected chi connectivity index (χ2v) is 8.21. The SMILES string of the molecule is O[C@@H]1CO[C@H]2[C@@H]1OC[C@@H]2P(c1ccccc1)c1ccccc1. The van der Waals surface area contributed by atoms with Crippen molar-refractivity contribution in [3.8, 4) is 0 Å². The number of ether oxygens (including phenoxy) is 2. The normalized spacial score (nSPS) is 30.6. The third-order valence-corrected chi connectivity index (χ3v) is 7.22. The Morgan fingerprint density at radius 3 is 1.91 bits per heavy atom. The van der Waals surface area contributed by atoms with Crippen LogP contribution in [0.5, 0.6) is 0 Å². The van der Waals surface area contributed by atoms with Gasteiger partial charge in [-0.25, -0.2) is 0 Å². The number of rotatable bonds is 3. The first-order valence-corrected chi connectivity index (χ1v) is 9.06. The van der Waals surface area contributed by atoms with E-state index < -0.39 is 14.0 Å². The summed E-state index contributed by atoms with van der Waals surface area (Å²) in [6, 6.07) is 21.2. The van der Waals surface area contributed by atoms with Crippen molar-refractivity contribution in [2.75, 3.05) is 13.2 Å². The molecule has 2 saturated heterocycles. The molecule has 3 nitrogen and oxygen atoms in total. The molecule has 2 heterocycles. The predicted molar refractivity (Wildman–Crippen MR) is 88.3 cm³/mol. The fourth-order valence-corrected chi connectivity index (χ4v) is 6.22. The maximum absolute atomic E-state index is 10.00. The Balaban J connectivity index is 1.72. The summed E-state index contributed by atoms with van der Waals surface area (Å²) in [5, 5.41) is 12.7. The van der Waals surface area contributed by atoms with E-state index in [9.17, 15) is 5.11 Å². The van der Waals surface area contributed by atoms with Gasteiger partial charge < -0.3 is 14.6 Å². The van der Waals surface area contributed by atoms with Crippen LogP contribution < -0.4 is 10.6 Å². The minimum atomic E-state index is -0.564. The molecule has 1 N–H and O–H groups in total. The highest BCUT2D eigenvalue weighted by molar-refractivity contribution is 7.73. The summed E-state index contributed by atoms with van der Waals surface area (Å²) >= 11 is 0. The van der Waals surface area contributed by atoms with Gasteiger partial charge in [0.2, 0.25) is 0 Å². The van der Waals surface area contributed by atoms with Crippen LogP contribution in [0, 0.1) is 0 Å². The first-order chi connectivity index (χ1) is 10.8. The average Bonchev–Trinajstić information content (AvgIpc) is 3.14. The molecule has 0 bridgehead atoms. The van der Waals surface area contributed by atoms with Crippen LogP contribution in [0.3, 0.4) is 0 Å². The summed E-state index contributed by atoms with van der Waals surface area (Å²) in [7, 11) is -0.564. The van der Waals surface area contributed by atoms with Crippen LogP contribution in [0.25, 0.3) is 0 Å². The molecule has 4 rings (SSSR count). The van der Waals surface area contributed by atoms with Crippen molar-refractivity contribution in [1.29, 1.82) is 0 Å². The summed E-state index contributed by atoms with van der Waals surface area (Å²) in [6.45, 7) is 1.04. The van der Waals surface area contributed by atoms with Crippen molar-refractivity contribution < 1.29 is 14.6 Å². The third kappa shape index (κ3) is 2.49. The van der Waals surface area contributed by atoms with Crippen LogP contribution in [-0.2, 0) is 9.47 Å². The summed E-state index contributed by atoms with van der Waals surface area (Å²) < 4.78 is 11.7. The van der Waals surface area contributed by atoms with Crippen molar-refractivity contribution in [1.82, 2.24) is 0 Å². The first kappa shape index (κ1) is 14.3. The largest absolute Gasteiger partial charge is 0.388 e. The molecule has 2 fully saturated rings. The maximum Gasteiger partial charge on any atom is 0.112 e. The van der Waals surface area contributed by atoms with Gasteiger partial charge in [-0.15, -0.1) is 0 Å². The van der Waals surface area contributed by atoms with Gasteiger partial charge in [-0.2, -0.15) is 0 Å². The molecule has 0 amide bonds. The van der Waals surface area contributed by atoms with Crippen molar-refractivity contribution in [2.45, 2.75) is 24.0 Å². The zero-order valence-corrected chi connectivity index (χ0v) is 13.1. The molecule has 4 atom stereocenters. The standard InChI is InChI=1S/C18H19O3P/c19-15-11-20-18-16(12-21-17(15)18)22(13-7-3-1-4-8-13)14-9-5-2-6-10-14/h1-10,15-19H,11-12H2/t15-,16+,17-,18-/m1/s1. The molecule has 2 aliphatic heterocycles. The number of aliphatic hydroxyl groups excluding tert-OH is 1. The highest BCUT2D eigenvalue weighted by Crippen LogP contribution is 2.47. The van der Waals surface area contributed by atoms with E-state index in [2.05, 4.69) is 48.5 Å². The van der Waals surface area contributed by atoms with E-state index in [0.717, 1.165) is 0 Å². The monoisotopic (exact) mass is 314 g/mol.